The van der Waals surface area contributed by atoms with Crippen LogP contribution in [0.4, 0.5) is 10.2 Å². The highest BCUT2D eigenvalue weighted by Gasteiger charge is 2.28. The van der Waals surface area contributed by atoms with Crippen molar-refractivity contribution in [1.82, 2.24) is 15.2 Å². The number of aromatic nitrogens is 1. The van der Waals surface area contributed by atoms with Crippen molar-refractivity contribution in [2.75, 3.05) is 25.0 Å². The molecule has 2 unspecified atom stereocenters. The number of rotatable bonds is 7. The second kappa shape index (κ2) is 10.8. The molecule has 1 aromatic carbocycles. The summed E-state index contributed by atoms with van der Waals surface area (Å²) in [7, 11) is 0. The van der Waals surface area contributed by atoms with Crippen LogP contribution >= 0.6 is 15.9 Å². The van der Waals surface area contributed by atoms with E-state index in [1.165, 1.54) is 12.1 Å². The van der Waals surface area contributed by atoms with E-state index in [9.17, 15) is 14.0 Å². The number of hydrogen-bond acceptors (Lipinski definition) is 4. The number of likely N-dealkylation sites (tertiary alicyclic amines) is 1. The van der Waals surface area contributed by atoms with Gasteiger partial charge < -0.3 is 10.6 Å². The Kier molecular flexibility index (Phi) is 8.15. The van der Waals surface area contributed by atoms with Crippen molar-refractivity contribution in [3.63, 3.8) is 0 Å². The van der Waals surface area contributed by atoms with Gasteiger partial charge in [0.1, 0.15) is 11.6 Å². The topological polar surface area (TPSA) is 74.3 Å². The molecular formula is C23H28BrFN4O2. The molecule has 0 aliphatic carbocycles. The molecule has 2 atom stereocenters. The fourth-order valence-electron chi connectivity index (χ4n) is 3.82. The van der Waals surface area contributed by atoms with Crippen molar-refractivity contribution in [1.29, 1.82) is 0 Å². The molecule has 1 aliphatic rings. The SMILES string of the molecule is CC(C)C(NC(=O)CN1CCCC(C(=O)Nc2ccc(Br)cn2)C1)c1ccc(F)cc1. The lowest BCUT2D eigenvalue weighted by atomic mass is 9.95. The highest BCUT2D eigenvalue weighted by atomic mass is 79.9. The monoisotopic (exact) mass is 490 g/mol. The van der Waals surface area contributed by atoms with Crippen molar-refractivity contribution in [2.45, 2.75) is 32.7 Å². The van der Waals surface area contributed by atoms with Crippen LogP contribution in [0.15, 0.2) is 47.1 Å². The zero-order valence-electron chi connectivity index (χ0n) is 17.8. The van der Waals surface area contributed by atoms with Crippen LogP contribution in [0.3, 0.4) is 0 Å². The van der Waals surface area contributed by atoms with Crippen LogP contribution < -0.4 is 10.6 Å². The molecule has 1 saturated heterocycles. The summed E-state index contributed by atoms with van der Waals surface area (Å²) in [5, 5.41) is 5.93. The molecule has 0 saturated carbocycles. The molecule has 2 aromatic rings. The Morgan fingerprint density at radius 2 is 1.97 bits per heavy atom. The van der Waals surface area contributed by atoms with E-state index in [0.29, 0.717) is 12.4 Å². The van der Waals surface area contributed by atoms with Crippen LogP contribution in [-0.4, -0.2) is 41.3 Å². The molecule has 1 aromatic heterocycles. The van der Waals surface area contributed by atoms with Gasteiger partial charge in [-0.3, -0.25) is 14.5 Å². The number of pyridine rings is 1. The number of piperidine rings is 1. The largest absolute Gasteiger partial charge is 0.348 e. The molecular weight excluding hydrogens is 463 g/mol. The first kappa shape index (κ1) is 23.3. The van der Waals surface area contributed by atoms with Crippen LogP contribution in [0, 0.1) is 17.7 Å². The predicted octanol–water partition coefficient (Wildman–Crippen LogP) is 4.15. The average Bonchev–Trinajstić information content (AvgIpc) is 2.74. The second-order valence-electron chi connectivity index (χ2n) is 8.27. The fourth-order valence-corrected chi connectivity index (χ4v) is 4.05. The van der Waals surface area contributed by atoms with Gasteiger partial charge in [0.2, 0.25) is 11.8 Å². The van der Waals surface area contributed by atoms with Gasteiger partial charge in [-0.15, -0.1) is 0 Å². The maximum Gasteiger partial charge on any atom is 0.234 e. The fraction of sp³-hybridized carbons (Fsp3) is 0.435. The minimum absolute atomic E-state index is 0.0775. The first-order valence-corrected chi connectivity index (χ1v) is 11.3. The average molecular weight is 491 g/mol. The number of nitrogens with zero attached hydrogens (tertiary/aromatic N) is 2. The van der Waals surface area contributed by atoms with Crippen molar-refractivity contribution in [3.8, 4) is 0 Å². The third-order valence-electron chi connectivity index (χ3n) is 5.43. The van der Waals surface area contributed by atoms with Crippen LogP contribution in [0.2, 0.25) is 0 Å². The highest BCUT2D eigenvalue weighted by molar-refractivity contribution is 9.10. The Morgan fingerprint density at radius 3 is 2.61 bits per heavy atom. The summed E-state index contributed by atoms with van der Waals surface area (Å²) in [5.41, 5.74) is 0.877. The smallest absolute Gasteiger partial charge is 0.234 e. The van der Waals surface area contributed by atoms with E-state index in [4.69, 9.17) is 0 Å². The summed E-state index contributed by atoms with van der Waals surface area (Å²) in [5.74, 6) is 0.0124. The molecule has 166 valence electrons. The lowest BCUT2D eigenvalue weighted by molar-refractivity contribution is -0.126. The summed E-state index contributed by atoms with van der Waals surface area (Å²) < 4.78 is 14.1. The Hall–Kier alpha value is -2.32. The summed E-state index contributed by atoms with van der Waals surface area (Å²) >= 11 is 3.33. The third kappa shape index (κ3) is 6.83. The third-order valence-corrected chi connectivity index (χ3v) is 5.90. The molecule has 0 bridgehead atoms. The normalized spacial score (nSPS) is 17.9. The number of hydrogen-bond donors (Lipinski definition) is 2. The van der Waals surface area contributed by atoms with Crippen LogP contribution in [0.25, 0.3) is 0 Å². The van der Waals surface area contributed by atoms with E-state index in [0.717, 1.165) is 29.4 Å². The molecule has 2 N–H and O–H groups in total. The number of amides is 2. The van der Waals surface area contributed by atoms with E-state index in [1.807, 2.05) is 24.8 Å². The van der Waals surface area contributed by atoms with Gasteiger partial charge in [-0.2, -0.15) is 0 Å². The van der Waals surface area contributed by atoms with Crippen LogP contribution in [-0.2, 0) is 9.59 Å². The predicted molar refractivity (Wildman–Crippen MR) is 122 cm³/mol. The second-order valence-corrected chi connectivity index (χ2v) is 9.18. The Labute approximate surface area is 190 Å². The first-order chi connectivity index (χ1) is 14.8. The molecule has 31 heavy (non-hydrogen) atoms. The van der Waals surface area contributed by atoms with E-state index >= 15 is 0 Å². The van der Waals surface area contributed by atoms with Crippen molar-refractivity contribution in [2.24, 2.45) is 11.8 Å². The highest BCUT2D eigenvalue weighted by Crippen LogP contribution is 2.23. The van der Waals surface area contributed by atoms with Gasteiger partial charge in [-0.05, 0) is 71.1 Å². The Morgan fingerprint density at radius 1 is 1.23 bits per heavy atom. The molecule has 1 fully saturated rings. The molecule has 0 spiro atoms. The molecule has 2 amide bonds. The lowest BCUT2D eigenvalue weighted by Gasteiger charge is -2.32. The summed E-state index contributed by atoms with van der Waals surface area (Å²) in [6, 6.07) is 9.61. The number of nitrogens with one attached hydrogen (secondary N) is 2. The van der Waals surface area contributed by atoms with Gasteiger partial charge >= 0.3 is 0 Å². The molecule has 8 heteroatoms. The van der Waals surface area contributed by atoms with E-state index in [-0.39, 0.29) is 42.1 Å². The number of carbonyl (C=O) groups is 2. The van der Waals surface area contributed by atoms with Gasteiger partial charge in [0.05, 0.1) is 18.5 Å². The first-order valence-electron chi connectivity index (χ1n) is 10.5. The van der Waals surface area contributed by atoms with E-state index in [1.54, 1.807) is 24.4 Å². The van der Waals surface area contributed by atoms with Crippen molar-refractivity contribution >= 4 is 33.6 Å². The van der Waals surface area contributed by atoms with Crippen LogP contribution in [0.5, 0.6) is 0 Å². The zero-order chi connectivity index (χ0) is 22.4. The molecule has 6 nitrogen and oxygen atoms in total. The maximum absolute atomic E-state index is 13.2. The number of benzene rings is 1. The molecule has 2 heterocycles. The lowest BCUT2D eigenvalue weighted by Crippen LogP contribution is -2.46. The molecule has 1 aliphatic heterocycles. The zero-order valence-corrected chi connectivity index (χ0v) is 19.4. The summed E-state index contributed by atoms with van der Waals surface area (Å²) in [6.45, 7) is 5.57. The minimum atomic E-state index is -0.298. The Bertz CT molecular complexity index is 889. The summed E-state index contributed by atoms with van der Waals surface area (Å²) in [6.07, 6.45) is 3.27. The van der Waals surface area contributed by atoms with Gasteiger partial charge in [-0.25, -0.2) is 9.37 Å². The van der Waals surface area contributed by atoms with Gasteiger partial charge in [-0.1, -0.05) is 26.0 Å². The van der Waals surface area contributed by atoms with E-state index in [2.05, 4.69) is 31.5 Å². The van der Waals surface area contributed by atoms with Gasteiger partial charge in [0.25, 0.3) is 0 Å². The van der Waals surface area contributed by atoms with Gasteiger partial charge in [0.15, 0.2) is 0 Å². The van der Waals surface area contributed by atoms with Crippen LogP contribution in [0.1, 0.15) is 38.3 Å². The number of halogens is 2. The molecule has 0 radical (unpaired) electrons. The number of anilines is 1. The summed E-state index contributed by atoms with van der Waals surface area (Å²) in [4.78, 5) is 31.6. The molecule has 3 rings (SSSR count). The maximum atomic E-state index is 13.2. The quantitative estimate of drug-likeness (QED) is 0.611. The standard InChI is InChI=1S/C23H28BrFN4O2/c1-15(2)22(16-5-8-19(25)9-6-16)28-21(30)14-29-11-3-4-17(13-29)23(31)27-20-10-7-18(24)12-26-20/h5-10,12,15,17,22H,3-4,11,13-14H2,1-2H3,(H,28,30)(H,26,27,31). The van der Waals surface area contributed by atoms with Crippen molar-refractivity contribution in [3.05, 3.63) is 58.4 Å². The van der Waals surface area contributed by atoms with Crippen molar-refractivity contribution < 1.29 is 14.0 Å². The van der Waals surface area contributed by atoms with E-state index < -0.39 is 0 Å². The Balaban J connectivity index is 1.54. The van der Waals surface area contributed by atoms with Gasteiger partial charge in [0, 0.05) is 17.2 Å². The minimum Gasteiger partial charge on any atom is -0.348 e. The number of carbonyl (C=O) groups excluding carboxylic acids is 2.